The Morgan fingerprint density at radius 3 is 2.55 bits per heavy atom. The van der Waals surface area contributed by atoms with E-state index in [9.17, 15) is 14.4 Å². The first-order valence-corrected chi connectivity index (χ1v) is 9.08. The van der Waals surface area contributed by atoms with Crippen LogP contribution in [0.5, 0.6) is 5.75 Å². The Balaban J connectivity index is 1.66. The summed E-state index contributed by atoms with van der Waals surface area (Å²) in [5, 5.41) is 12.3. The predicted octanol–water partition coefficient (Wildman–Crippen LogP) is 5.60. The average Bonchev–Trinajstić information content (AvgIpc) is 2.73. The van der Waals surface area contributed by atoms with Crippen molar-refractivity contribution in [3.05, 3.63) is 100 Å². The standard InChI is InChI=1S/C23H16ClFN2O2/c24-19-5-3-4-17(13-19)15-29-20-10-8-16(9-11-20)12-18(14-26)23(28)27-22-7-2-1-6-21(22)25/h1-13H,15H2,(H,27,28)/b18-12+. The van der Waals surface area contributed by atoms with Crippen molar-refractivity contribution in [3.63, 3.8) is 0 Å². The summed E-state index contributed by atoms with van der Waals surface area (Å²) in [6.07, 6.45) is 1.43. The Kier molecular flexibility index (Phi) is 6.62. The van der Waals surface area contributed by atoms with Crippen LogP contribution in [0.3, 0.4) is 0 Å². The molecule has 0 bridgehead atoms. The maximum Gasteiger partial charge on any atom is 0.266 e. The van der Waals surface area contributed by atoms with Crippen LogP contribution < -0.4 is 10.1 Å². The number of benzene rings is 3. The molecule has 0 radical (unpaired) electrons. The molecule has 0 fully saturated rings. The van der Waals surface area contributed by atoms with E-state index >= 15 is 0 Å². The van der Waals surface area contributed by atoms with Crippen LogP contribution >= 0.6 is 11.6 Å². The van der Waals surface area contributed by atoms with Crippen molar-refractivity contribution in [1.29, 1.82) is 5.26 Å². The molecule has 0 heterocycles. The van der Waals surface area contributed by atoms with Crippen molar-refractivity contribution in [3.8, 4) is 11.8 Å². The lowest BCUT2D eigenvalue weighted by atomic mass is 10.1. The molecular weight excluding hydrogens is 391 g/mol. The van der Waals surface area contributed by atoms with Crippen LogP contribution in [0.2, 0.25) is 5.02 Å². The molecule has 0 aliphatic carbocycles. The molecule has 0 aliphatic rings. The molecule has 0 atom stereocenters. The van der Waals surface area contributed by atoms with Gasteiger partial charge in [0.2, 0.25) is 0 Å². The summed E-state index contributed by atoms with van der Waals surface area (Å²) in [5.41, 5.74) is 1.46. The molecule has 144 valence electrons. The van der Waals surface area contributed by atoms with E-state index < -0.39 is 11.7 Å². The number of ether oxygens (including phenoxy) is 1. The molecule has 0 aromatic heterocycles. The number of carbonyl (C=O) groups excluding carboxylic acids is 1. The minimum Gasteiger partial charge on any atom is -0.489 e. The van der Waals surface area contributed by atoms with Crippen LogP contribution in [0.15, 0.2) is 78.4 Å². The summed E-state index contributed by atoms with van der Waals surface area (Å²) in [6.45, 7) is 0.365. The molecule has 4 nitrogen and oxygen atoms in total. The third-order valence-corrected chi connectivity index (χ3v) is 4.21. The summed E-state index contributed by atoms with van der Waals surface area (Å²) in [7, 11) is 0. The second kappa shape index (κ2) is 9.54. The Labute approximate surface area is 172 Å². The molecule has 0 spiro atoms. The Bertz CT molecular complexity index is 1090. The molecule has 29 heavy (non-hydrogen) atoms. The number of hydrogen-bond donors (Lipinski definition) is 1. The summed E-state index contributed by atoms with van der Waals surface area (Å²) in [5.74, 6) is -0.616. The first kappa shape index (κ1) is 20.1. The van der Waals surface area contributed by atoms with Gasteiger partial charge in [0.15, 0.2) is 0 Å². The minimum absolute atomic E-state index is 0.0170. The summed E-state index contributed by atoms with van der Waals surface area (Å²) >= 11 is 5.95. The zero-order chi connectivity index (χ0) is 20.6. The lowest BCUT2D eigenvalue weighted by molar-refractivity contribution is -0.112. The number of amides is 1. The molecular formula is C23H16ClFN2O2. The molecule has 3 aromatic rings. The van der Waals surface area contributed by atoms with Gasteiger partial charge in [-0.3, -0.25) is 4.79 Å². The van der Waals surface area contributed by atoms with E-state index in [0.29, 0.717) is 22.9 Å². The quantitative estimate of drug-likeness (QED) is 0.428. The van der Waals surface area contributed by atoms with Gasteiger partial charge >= 0.3 is 0 Å². The van der Waals surface area contributed by atoms with E-state index in [-0.39, 0.29) is 11.3 Å². The number of nitrogens with one attached hydrogen (secondary N) is 1. The molecule has 1 amide bonds. The zero-order valence-electron chi connectivity index (χ0n) is 15.2. The van der Waals surface area contributed by atoms with Gasteiger partial charge in [-0.1, -0.05) is 48.0 Å². The molecule has 0 saturated heterocycles. The minimum atomic E-state index is -0.682. The highest BCUT2D eigenvalue weighted by atomic mass is 35.5. The van der Waals surface area contributed by atoms with Crippen molar-refractivity contribution in [1.82, 2.24) is 0 Å². The highest BCUT2D eigenvalue weighted by molar-refractivity contribution is 6.30. The number of rotatable bonds is 6. The van der Waals surface area contributed by atoms with Crippen LogP contribution in [0, 0.1) is 17.1 Å². The number of para-hydroxylation sites is 1. The number of halogens is 2. The first-order chi connectivity index (χ1) is 14.0. The zero-order valence-corrected chi connectivity index (χ0v) is 16.0. The third kappa shape index (κ3) is 5.68. The topological polar surface area (TPSA) is 62.1 Å². The van der Waals surface area contributed by atoms with E-state index in [2.05, 4.69) is 5.32 Å². The summed E-state index contributed by atoms with van der Waals surface area (Å²) < 4.78 is 19.4. The van der Waals surface area contributed by atoms with Gasteiger partial charge in [0, 0.05) is 5.02 Å². The van der Waals surface area contributed by atoms with Gasteiger partial charge in [-0.25, -0.2) is 4.39 Å². The number of nitriles is 1. The maximum absolute atomic E-state index is 13.7. The van der Waals surface area contributed by atoms with E-state index in [4.69, 9.17) is 16.3 Å². The Hall–Kier alpha value is -3.62. The van der Waals surface area contributed by atoms with Crippen molar-refractivity contribution < 1.29 is 13.9 Å². The number of hydrogen-bond acceptors (Lipinski definition) is 3. The average molecular weight is 407 g/mol. The van der Waals surface area contributed by atoms with Crippen LogP contribution in [0.25, 0.3) is 6.08 Å². The number of anilines is 1. The van der Waals surface area contributed by atoms with Gasteiger partial charge in [0.1, 0.15) is 29.8 Å². The SMILES string of the molecule is N#C/C(=C\c1ccc(OCc2cccc(Cl)c2)cc1)C(=O)Nc1ccccc1F. The highest BCUT2D eigenvalue weighted by Gasteiger charge is 2.11. The molecule has 0 saturated carbocycles. The number of carbonyl (C=O) groups is 1. The van der Waals surface area contributed by atoms with Crippen LogP contribution in [-0.4, -0.2) is 5.91 Å². The summed E-state index contributed by atoms with van der Waals surface area (Å²) in [4.78, 5) is 12.3. The van der Waals surface area contributed by atoms with E-state index in [1.165, 1.54) is 24.3 Å². The van der Waals surface area contributed by atoms with Gasteiger partial charge in [0.25, 0.3) is 5.91 Å². The van der Waals surface area contributed by atoms with Gasteiger partial charge in [-0.2, -0.15) is 5.26 Å². The molecule has 3 rings (SSSR count). The van der Waals surface area contributed by atoms with Crippen molar-refractivity contribution in [2.75, 3.05) is 5.32 Å². The normalized spacial score (nSPS) is 10.9. The lowest BCUT2D eigenvalue weighted by Gasteiger charge is -2.07. The number of nitrogens with zero attached hydrogens (tertiary/aromatic N) is 1. The molecule has 6 heteroatoms. The second-order valence-electron chi connectivity index (χ2n) is 6.09. The largest absolute Gasteiger partial charge is 0.489 e. The first-order valence-electron chi connectivity index (χ1n) is 8.70. The van der Waals surface area contributed by atoms with Crippen LogP contribution in [-0.2, 0) is 11.4 Å². The van der Waals surface area contributed by atoms with E-state index in [1.54, 1.807) is 36.4 Å². The van der Waals surface area contributed by atoms with Crippen molar-refractivity contribution >= 4 is 29.3 Å². The second-order valence-corrected chi connectivity index (χ2v) is 6.53. The molecule has 0 unspecified atom stereocenters. The fourth-order valence-electron chi connectivity index (χ4n) is 2.52. The smallest absolute Gasteiger partial charge is 0.266 e. The monoisotopic (exact) mass is 406 g/mol. The van der Waals surface area contributed by atoms with Crippen molar-refractivity contribution in [2.45, 2.75) is 6.61 Å². The fourth-order valence-corrected chi connectivity index (χ4v) is 2.73. The fraction of sp³-hybridized carbons (Fsp3) is 0.0435. The van der Waals surface area contributed by atoms with Gasteiger partial charge in [0.05, 0.1) is 5.69 Å². The predicted molar refractivity (Wildman–Crippen MR) is 111 cm³/mol. The lowest BCUT2D eigenvalue weighted by Crippen LogP contribution is -2.14. The highest BCUT2D eigenvalue weighted by Crippen LogP contribution is 2.19. The third-order valence-electron chi connectivity index (χ3n) is 3.97. The van der Waals surface area contributed by atoms with Crippen LogP contribution in [0.4, 0.5) is 10.1 Å². The maximum atomic E-state index is 13.7. The molecule has 0 aliphatic heterocycles. The molecule has 1 N–H and O–H groups in total. The van der Waals surface area contributed by atoms with Crippen LogP contribution in [0.1, 0.15) is 11.1 Å². The Morgan fingerprint density at radius 1 is 1.10 bits per heavy atom. The van der Waals surface area contributed by atoms with Gasteiger partial charge in [-0.15, -0.1) is 0 Å². The van der Waals surface area contributed by atoms with E-state index in [0.717, 1.165) is 5.56 Å². The summed E-state index contributed by atoms with van der Waals surface area (Å²) in [6, 6.07) is 21.9. The van der Waals surface area contributed by atoms with E-state index in [1.807, 2.05) is 24.3 Å². The molecule has 3 aromatic carbocycles. The van der Waals surface area contributed by atoms with Gasteiger partial charge in [-0.05, 0) is 53.6 Å². The Morgan fingerprint density at radius 2 is 1.86 bits per heavy atom. The van der Waals surface area contributed by atoms with Crippen molar-refractivity contribution in [2.24, 2.45) is 0 Å². The van der Waals surface area contributed by atoms with Gasteiger partial charge < -0.3 is 10.1 Å².